The quantitative estimate of drug-likeness (QED) is 0.253. The molecular weight excluding hydrogens is 504 g/mol. The Morgan fingerprint density at radius 1 is 0.889 bits per heavy atom. The van der Waals surface area contributed by atoms with E-state index in [0.29, 0.717) is 25.2 Å². The van der Waals surface area contributed by atoms with Crippen LogP contribution in [0, 0.1) is 0 Å². The number of aryl methyl sites for hydroxylation is 1. The van der Waals surface area contributed by atoms with Crippen LogP contribution in [0.15, 0.2) is 72.8 Å². The van der Waals surface area contributed by atoms with E-state index in [0.717, 1.165) is 22.9 Å². The lowest BCUT2D eigenvalue weighted by Gasteiger charge is -2.19. The molecule has 0 saturated carbocycles. The van der Waals surface area contributed by atoms with E-state index < -0.39 is 32.5 Å². The lowest BCUT2D eigenvalue weighted by molar-refractivity contribution is -0.136. The number of aromatic hydroxyl groups is 1. The van der Waals surface area contributed by atoms with Gasteiger partial charge >= 0.3 is 16.1 Å². The van der Waals surface area contributed by atoms with Crippen LogP contribution in [0.1, 0.15) is 16.7 Å². The highest BCUT2D eigenvalue weighted by atomic mass is 32.2. The van der Waals surface area contributed by atoms with Gasteiger partial charge in [-0.3, -0.25) is 0 Å². The molecule has 0 fully saturated rings. The summed E-state index contributed by atoms with van der Waals surface area (Å²) >= 11 is -1.56. The Morgan fingerprint density at radius 2 is 1.42 bits per heavy atom. The van der Waals surface area contributed by atoms with Crippen LogP contribution in [0.25, 0.3) is 0 Å². The Balaban J connectivity index is 1.48. The molecule has 0 radical (unpaired) electrons. The maximum Gasteiger partial charge on any atom is 0.357 e. The number of aliphatic carboxylic acids is 1. The second kappa shape index (κ2) is 12.7. The monoisotopic (exact) mass is 532 g/mol. The molecule has 0 aromatic heterocycles. The highest BCUT2D eigenvalue weighted by molar-refractivity contribution is 7.92. The summed E-state index contributed by atoms with van der Waals surface area (Å²) in [6, 6.07) is 20.3. The molecular formula is C26H28O8S2. The lowest BCUT2D eigenvalue weighted by Crippen LogP contribution is -2.34. The molecule has 3 aromatic carbocycles. The van der Waals surface area contributed by atoms with Crippen molar-refractivity contribution in [3.63, 3.8) is 0 Å². The van der Waals surface area contributed by atoms with Crippen molar-refractivity contribution in [3.05, 3.63) is 89.5 Å². The van der Waals surface area contributed by atoms with Gasteiger partial charge in [0.25, 0.3) is 0 Å². The third kappa shape index (κ3) is 9.10. The van der Waals surface area contributed by atoms with Crippen molar-refractivity contribution in [2.75, 3.05) is 18.6 Å². The van der Waals surface area contributed by atoms with Gasteiger partial charge in [0.2, 0.25) is 5.25 Å². The molecule has 0 amide bonds. The summed E-state index contributed by atoms with van der Waals surface area (Å²) in [6.45, 7) is 0.394. The Morgan fingerprint density at radius 3 is 2.00 bits per heavy atom. The van der Waals surface area contributed by atoms with Crippen molar-refractivity contribution < 1.29 is 36.9 Å². The summed E-state index contributed by atoms with van der Waals surface area (Å²) < 4.78 is 45.5. The Labute approximate surface area is 213 Å². The largest absolute Gasteiger partial charge is 0.616 e. The van der Waals surface area contributed by atoms with Crippen molar-refractivity contribution in [1.82, 2.24) is 0 Å². The van der Waals surface area contributed by atoms with Crippen molar-refractivity contribution in [2.24, 2.45) is 0 Å². The van der Waals surface area contributed by atoms with Crippen molar-refractivity contribution in [2.45, 2.75) is 24.5 Å². The van der Waals surface area contributed by atoms with Gasteiger partial charge in [0, 0.05) is 19.3 Å². The van der Waals surface area contributed by atoms with Gasteiger partial charge in [0.15, 0.2) is 0 Å². The number of hydrogen-bond donors (Lipinski definition) is 2. The Bertz CT molecular complexity index is 1220. The molecule has 0 bridgehead atoms. The number of ether oxygens (including phenoxy) is 1. The van der Waals surface area contributed by atoms with E-state index in [9.17, 15) is 28.0 Å². The normalized spacial score (nSPS) is 13.1. The fourth-order valence-corrected chi connectivity index (χ4v) is 5.21. The van der Waals surface area contributed by atoms with Crippen LogP contribution in [0.4, 0.5) is 0 Å². The van der Waals surface area contributed by atoms with Crippen molar-refractivity contribution in [1.29, 1.82) is 0 Å². The van der Waals surface area contributed by atoms with Crippen LogP contribution in [0.3, 0.4) is 0 Å². The molecule has 10 heteroatoms. The molecule has 0 heterocycles. The van der Waals surface area contributed by atoms with Crippen LogP contribution in [-0.4, -0.2) is 53.0 Å². The van der Waals surface area contributed by atoms with Crippen molar-refractivity contribution >= 4 is 27.3 Å². The number of phenols is 1. The molecule has 0 aliphatic heterocycles. The van der Waals surface area contributed by atoms with E-state index in [1.165, 1.54) is 12.1 Å². The van der Waals surface area contributed by atoms with E-state index in [2.05, 4.69) is 0 Å². The SMILES string of the molecule is CS(=O)(=O)Oc1ccc(OCCc2ccc(C[C@H](C(=O)O)[S+]([O-])CCc3ccc(O)cc3)cc2)cc1. The molecule has 192 valence electrons. The Kier molecular flexibility index (Phi) is 9.63. The summed E-state index contributed by atoms with van der Waals surface area (Å²) in [4.78, 5) is 11.8. The first kappa shape index (κ1) is 27.4. The minimum Gasteiger partial charge on any atom is -0.616 e. The van der Waals surface area contributed by atoms with E-state index in [1.807, 2.05) is 24.3 Å². The summed E-state index contributed by atoms with van der Waals surface area (Å²) in [5, 5.41) is 18.0. The molecule has 2 N–H and O–H groups in total. The van der Waals surface area contributed by atoms with Crippen LogP contribution in [0.2, 0.25) is 0 Å². The zero-order valence-electron chi connectivity index (χ0n) is 19.7. The second-order valence-corrected chi connectivity index (χ2v) is 11.5. The number of carboxylic acids is 1. The summed E-state index contributed by atoms with van der Waals surface area (Å²) in [5.74, 6) is 0.0600. The average Bonchev–Trinajstić information content (AvgIpc) is 2.83. The molecule has 0 spiro atoms. The minimum atomic E-state index is -3.58. The number of carbonyl (C=O) groups is 1. The highest BCUT2D eigenvalue weighted by Gasteiger charge is 2.30. The van der Waals surface area contributed by atoms with Gasteiger partial charge in [-0.2, -0.15) is 8.42 Å². The van der Waals surface area contributed by atoms with Gasteiger partial charge in [0.05, 0.1) is 12.9 Å². The maximum absolute atomic E-state index is 12.7. The van der Waals surface area contributed by atoms with Gasteiger partial charge in [-0.15, -0.1) is 0 Å². The van der Waals surface area contributed by atoms with E-state index in [-0.39, 0.29) is 23.7 Å². The van der Waals surface area contributed by atoms with Gasteiger partial charge in [-0.1, -0.05) is 36.4 Å². The molecule has 0 aliphatic rings. The average molecular weight is 533 g/mol. The molecule has 0 saturated heterocycles. The van der Waals surface area contributed by atoms with Gasteiger partial charge < -0.3 is 23.7 Å². The molecule has 2 atom stereocenters. The highest BCUT2D eigenvalue weighted by Crippen LogP contribution is 2.20. The number of benzene rings is 3. The van der Waals surface area contributed by atoms with Gasteiger partial charge in [0.1, 0.15) is 23.0 Å². The molecule has 3 aromatic rings. The van der Waals surface area contributed by atoms with Crippen LogP contribution in [-0.2, 0) is 45.4 Å². The summed E-state index contributed by atoms with van der Waals surface area (Å²) in [7, 11) is -3.58. The fourth-order valence-electron chi connectivity index (χ4n) is 3.43. The molecule has 36 heavy (non-hydrogen) atoms. The Hall–Kier alpha value is -3.21. The third-order valence-electron chi connectivity index (χ3n) is 5.30. The number of carboxylic acid groups (broad SMARTS) is 1. The van der Waals surface area contributed by atoms with Crippen molar-refractivity contribution in [3.8, 4) is 17.2 Å². The summed E-state index contributed by atoms with van der Waals surface area (Å²) in [5.41, 5.74) is 2.66. The first-order valence-electron chi connectivity index (χ1n) is 11.2. The third-order valence-corrected chi connectivity index (χ3v) is 7.40. The number of hydrogen-bond acceptors (Lipinski definition) is 7. The zero-order valence-corrected chi connectivity index (χ0v) is 21.3. The van der Waals surface area contributed by atoms with E-state index in [4.69, 9.17) is 8.92 Å². The van der Waals surface area contributed by atoms with Crippen LogP contribution < -0.4 is 8.92 Å². The smallest absolute Gasteiger partial charge is 0.357 e. The standard InChI is InChI=1S/C26H28O8S2/c1-36(31,32)34-24-12-10-23(11-13-24)33-16-14-19-2-4-21(5-3-19)18-25(26(28)29)35(30)17-15-20-6-8-22(27)9-7-20/h2-13,25,27H,14-18H2,1H3,(H,28,29)/t25-,35?/m1/s1. The first-order chi connectivity index (χ1) is 17.1. The fraction of sp³-hybridized carbons (Fsp3) is 0.269. The maximum atomic E-state index is 12.7. The van der Waals surface area contributed by atoms with E-state index >= 15 is 0 Å². The lowest BCUT2D eigenvalue weighted by atomic mass is 10.1. The number of rotatable bonds is 13. The molecule has 8 nitrogen and oxygen atoms in total. The predicted molar refractivity (Wildman–Crippen MR) is 138 cm³/mol. The zero-order chi connectivity index (χ0) is 26.1. The van der Waals surface area contributed by atoms with E-state index in [1.54, 1.807) is 36.4 Å². The first-order valence-corrected chi connectivity index (χ1v) is 14.4. The molecule has 3 rings (SSSR count). The van der Waals surface area contributed by atoms with Gasteiger partial charge in [-0.05, 0) is 64.3 Å². The van der Waals surface area contributed by atoms with Gasteiger partial charge in [-0.25, -0.2) is 4.79 Å². The van der Waals surface area contributed by atoms with Crippen LogP contribution >= 0.6 is 0 Å². The second-order valence-electron chi connectivity index (χ2n) is 8.21. The number of phenolic OH excluding ortho intramolecular Hbond substituents is 1. The molecule has 0 aliphatic carbocycles. The topological polar surface area (TPSA) is 133 Å². The molecule has 1 unspecified atom stereocenters. The van der Waals surface area contributed by atoms with Crippen LogP contribution in [0.5, 0.6) is 17.2 Å². The minimum absolute atomic E-state index is 0.147. The predicted octanol–water partition coefficient (Wildman–Crippen LogP) is 3.34. The summed E-state index contributed by atoms with van der Waals surface area (Å²) in [6.07, 6.45) is 2.21.